The van der Waals surface area contributed by atoms with E-state index in [2.05, 4.69) is 15.3 Å². The lowest BCUT2D eigenvalue weighted by molar-refractivity contribution is 0.297. The number of benzene rings is 2. The van der Waals surface area contributed by atoms with Crippen molar-refractivity contribution < 1.29 is 14.2 Å². The standard InChI is InChI=1S/C23H24N4O3/c24-23(27-18-7-10-21-22(14-18)29-13-3-12-28-21)26-15-17-5-8-20(9-6-17)30-16-19-4-1-2-11-25-19/h1-2,4-11,14H,3,12-13,15-16H2,(H3,24,26,27). The van der Waals surface area contributed by atoms with Crippen molar-refractivity contribution in [1.29, 1.82) is 0 Å². The van der Waals surface area contributed by atoms with Gasteiger partial charge in [-0.2, -0.15) is 0 Å². The van der Waals surface area contributed by atoms with Crippen molar-refractivity contribution in [3.63, 3.8) is 0 Å². The number of aliphatic imine (C=N–C) groups is 1. The highest BCUT2D eigenvalue weighted by molar-refractivity contribution is 5.92. The highest BCUT2D eigenvalue weighted by Gasteiger charge is 2.10. The number of aromatic nitrogens is 1. The Labute approximate surface area is 175 Å². The third kappa shape index (κ3) is 5.41. The molecule has 2 heterocycles. The molecule has 0 spiro atoms. The summed E-state index contributed by atoms with van der Waals surface area (Å²) in [5, 5.41) is 3.09. The minimum absolute atomic E-state index is 0.333. The lowest BCUT2D eigenvalue weighted by Crippen LogP contribution is -2.22. The Hall–Kier alpha value is -3.74. The van der Waals surface area contributed by atoms with Crippen molar-refractivity contribution in [2.45, 2.75) is 19.6 Å². The maximum absolute atomic E-state index is 6.04. The molecule has 0 saturated carbocycles. The molecule has 7 heteroatoms. The molecular weight excluding hydrogens is 380 g/mol. The predicted octanol–water partition coefficient (Wildman–Crippen LogP) is 3.75. The van der Waals surface area contributed by atoms with Crippen LogP contribution in [0.2, 0.25) is 0 Å². The van der Waals surface area contributed by atoms with Crippen molar-refractivity contribution >= 4 is 11.6 Å². The van der Waals surface area contributed by atoms with E-state index in [4.69, 9.17) is 19.9 Å². The zero-order chi connectivity index (χ0) is 20.6. The number of nitrogens with two attached hydrogens (primary N) is 1. The van der Waals surface area contributed by atoms with Crippen LogP contribution in [0.4, 0.5) is 5.69 Å². The van der Waals surface area contributed by atoms with Crippen molar-refractivity contribution in [2.24, 2.45) is 10.7 Å². The summed E-state index contributed by atoms with van der Waals surface area (Å²) >= 11 is 0. The van der Waals surface area contributed by atoms with Crippen LogP contribution < -0.4 is 25.3 Å². The highest BCUT2D eigenvalue weighted by atomic mass is 16.5. The largest absolute Gasteiger partial charge is 0.490 e. The summed E-state index contributed by atoms with van der Waals surface area (Å²) in [5.41, 5.74) is 8.76. The predicted molar refractivity (Wildman–Crippen MR) is 116 cm³/mol. The van der Waals surface area contributed by atoms with E-state index in [1.165, 1.54) is 0 Å². The average molecular weight is 404 g/mol. The number of ether oxygens (including phenoxy) is 3. The van der Waals surface area contributed by atoms with Gasteiger partial charge in [0.2, 0.25) is 0 Å². The minimum Gasteiger partial charge on any atom is -0.490 e. The third-order valence-electron chi connectivity index (χ3n) is 4.49. The van der Waals surface area contributed by atoms with Crippen LogP contribution in [0.1, 0.15) is 17.7 Å². The van der Waals surface area contributed by atoms with Gasteiger partial charge in [0.25, 0.3) is 0 Å². The Morgan fingerprint density at radius 1 is 1.03 bits per heavy atom. The number of rotatable bonds is 6. The van der Waals surface area contributed by atoms with E-state index >= 15 is 0 Å². The van der Waals surface area contributed by atoms with Gasteiger partial charge in [-0.05, 0) is 42.0 Å². The first-order valence-electron chi connectivity index (χ1n) is 9.84. The Morgan fingerprint density at radius 2 is 1.87 bits per heavy atom. The van der Waals surface area contributed by atoms with Gasteiger partial charge in [-0.1, -0.05) is 18.2 Å². The molecule has 0 saturated heterocycles. The van der Waals surface area contributed by atoms with Gasteiger partial charge >= 0.3 is 0 Å². The molecule has 3 N–H and O–H groups in total. The normalized spacial score (nSPS) is 13.4. The van der Waals surface area contributed by atoms with Crippen LogP contribution in [0.5, 0.6) is 17.2 Å². The van der Waals surface area contributed by atoms with E-state index in [-0.39, 0.29) is 0 Å². The van der Waals surface area contributed by atoms with E-state index < -0.39 is 0 Å². The quantitative estimate of drug-likeness (QED) is 0.480. The maximum atomic E-state index is 6.04. The second kappa shape index (κ2) is 9.65. The molecule has 0 radical (unpaired) electrons. The van der Waals surface area contributed by atoms with Crippen molar-refractivity contribution in [1.82, 2.24) is 4.98 Å². The highest BCUT2D eigenvalue weighted by Crippen LogP contribution is 2.32. The summed E-state index contributed by atoms with van der Waals surface area (Å²) in [5.74, 6) is 2.58. The molecule has 0 unspecified atom stereocenters. The average Bonchev–Trinajstić information content (AvgIpc) is 3.03. The zero-order valence-electron chi connectivity index (χ0n) is 16.6. The van der Waals surface area contributed by atoms with Gasteiger partial charge in [-0.15, -0.1) is 0 Å². The molecule has 0 atom stereocenters. The van der Waals surface area contributed by atoms with Crippen LogP contribution in [-0.2, 0) is 13.2 Å². The van der Waals surface area contributed by atoms with E-state index in [1.54, 1.807) is 6.20 Å². The molecule has 1 aliphatic heterocycles. The first kappa shape index (κ1) is 19.6. The van der Waals surface area contributed by atoms with Gasteiger partial charge < -0.3 is 25.3 Å². The molecule has 0 amide bonds. The monoisotopic (exact) mass is 404 g/mol. The van der Waals surface area contributed by atoms with Crippen LogP contribution in [0.15, 0.2) is 71.9 Å². The lowest BCUT2D eigenvalue weighted by atomic mass is 10.2. The van der Waals surface area contributed by atoms with Gasteiger partial charge in [0.15, 0.2) is 17.5 Å². The van der Waals surface area contributed by atoms with Gasteiger partial charge in [-0.3, -0.25) is 4.98 Å². The smallest absolute Gasteiger partial charge is 0.193 e. The third-order valence-corrected chi connectivity index (χ3v) is 4.49. The first-order chi connectivity index (χ1) is 14.8. The molecule has 154 valence electrons. The SMILES string of the molecule is NC(=NCc1ccc(OCc2ccccn2)cc1)Nc1ccc2c(c1)OCCCO2. The number of fused-ring (bicyclic) bond motifs is 1. The summed E-state index contributed by atoms with van der Waals surface area (Å²) in [4.78, 5) is 8.65. The number of hydrogen-bond donors (Lipinski definition) is 2. The Balaban J connectivity index is 1.30. The fourth-order valence-electron chi connectivity index (χ4n) is 2.94. The fraction of sp³-hybridized carbons (Fsp3) is 0.217. The molecule has 30 heavy (non-hydrogen) atoms. The second-order valence-electron chi connectivity index (χ2n) is 6.79. The van der Waals surface area contributed by atoms with Gasteiger partial charge in [-0.25, -0.2) is 4.99 Å². The summed E-state index contributed by atoms with van der Waals surface area (Å²) in [6.45, 7) is 2.20. The summed E-state index contributed by atoms with van der Waals surface area (Å²) < 4.78 is 17.1. The van der Waals surface area contributed by atoms with Crippen LogP contribution in [-0.4, -0.2) is 24.2 Å². The Bertz CT molecular complexity index is 991. The molecule has 3 aromatic rings. The summed E-state index contributed by atoms with van der Waals surface area (Å²) in [6.07, 6.45) is 2.62. The fourth-order valence-corrected chi connectivity index (χ4v) is 2.94. The number of hydrogen-bond acceptors (Lipinski definition) is 5. The van der Waals surface area contributed by atoms with E-state index in [0.717, 1.165) is 34.9 Å². The Kier molecular flexibility index (Phi) is 6.29. The van der Waals surface area contributed by atoms with Crippen LogP contribution >= 0.6 is 0 Å². The maximum Gasteiger partial charge on any atom is 0.193 e. The van der Waals surface area contributed by atoms with Gasteiger partial charge in [0.1, 0.15) is 12.4 Å². The summed E-state index contributed by atoms with van der Waals surface area (Å²) in [7, 11) is 0. The van der Waals surface area contributed by atoms with Gasteiger partial charge in [0, 0.05) is 24.4 Å². The van der Waals surface area contributed by atoms with E-state index in [9.17, 15) is 0 Å². The summed E-state index contributed by atoms with van der Waals surface area (Å²) in [6, 6.07) is 19.2. The first-order valence-corrected chi connectivity index (χ1v) is 9.84. The minimum atomic E-state index is 0.333. The van der Waals surface area contributed by atoms with E-state index in [1.807, 2.05) is 60.7 Å². The van der Waals surface area contributed by atoms with Crippen molar-refractivity contribution in [3.05, 3.63) is 78.1 Å². The number of nitrogens with one attached hydrogen (secondary N) is 1. The van der Waals surface area contributed by atoms with Gasteiger partial charge in [0.05, 0.1) is 25.5 Å². The van der Waals surface area contributed by atoms with Crippen LogP contribution in [0.25, 0.3) is 0 Å². The number of guanidine groups is 1. The number of nitrogens with zero attached hydrogens (tertiary/aromatic N) is 2. The van der Waals surface area contributed by atoms with Crippen LogP contribution in [0, 0.1) is 0 Å². The molecule has 7 nitrogen and oxygen atoms in total. The molecule has 1 aromatic heterocycles. The lowest BCUT2D eigenvalue weighted by Gasteiger charge is -2.11. The zero-order valence-corrected chi connectivity index (χ0v) is 16.6. The molecule has 2 aromatic carbocycles. The van der Waals surface area contributed by atoms with Crippen molar-refractivity contribution in [3.8, 4) is 17.2 Å². The Morgan fingerprint density at radius 3 is 2.67 bits per heavy atom. The molecule has 1 aliphatic rings. The van der Waals surface area contributed by atoms with Crippen LogP contribution in [0.3, 0.4) is 0 Å². The van der Waals surface area contributed by atoms with Crippen molar-refractivity contribution in [2.75, 3.05) is 18.5 Å². The number of pyridine rings is 1. The second-order valence-corrected chi connectivity index (χ2v) is 6.79. The molecular formula is C23H24N4O3. The molecule has 0 bridgehead atoms. The number of anilines is 1. The van der Waals surface area contributed by atoms with E-state index in [0.29, 0.717) is 38.1 Å². The molecule has 0 aliphatic carbocycles. The molecule has 0 fully saturated rings. The molecule has 4 rings (SSSR count). The topological polar surface area (TPSA) is 91.0 Å².